The summed E-state index contributed by atoms with van der Waals surface area (Å²) in [6.45, 7) is 6.58. The van der Waals surface area contributed by atoms with Crippen LogP contribution < -0.4 is 4.74 Å². The zero-order chi connectivity index (χ0) is 16.3. The Labute approximate surface area is 156 Å². The topological polar surface area (TPSA) is 29.5 Å². The summed E-state index contributed by atoms with van der Waals surface area (Å²) in [6, 6.07) is 3.83. The van der Waals surface area contributed by atoms with Crippen molar-refractivity contribution < 1.29 is 9.53 Å². The number of benzene rings is 1. The first-order valence-corrected chi connectivity index (χ1v) is 9.27. The average Bonchev–Trinajstić information content (AvgIpc) is 2.71. The van der Waals surface area contributed by atoms with Crippen LogP contribution in [0.3, 0.4) is 0 Å². The van der Waals surface area contributed by atoms with E-state index < -0.39 is 0 Å². The molecule has 0 aromatic heterocycles. The molecule has 0 saturated carbocycles. The first-order chi connectivity index (χ1) is 10.5. The van der Waals surface area contributed by atoms with Crippen LogP contribution in [0.5, 0.6) is 5.75 Å². The third kappa shape index (κ3) is 3.82. The molecule has 0 spiro atoms. The summed E-state index contributed by atoms with van der Waals surface area (Å²) >= 11 is 13.5. The van der Waals surface area contributed by atoms with Crippen molar-refractivity contribution in [3.63, 3.8) is 0 Å². The molecule has 1 fully saturated rings. The number of nitrogens with zero attached hydrogens (tertiary/aromatic N) is 1. The molecule has 1 aliphatic heterocycles. The van der Waals surface area contributed by atoms with E-state index in [0.29, 0.717) is 22.4 Å². The smallest absolute Gasteiger partial charge is 0.266 e. The van der Waals surface area contributed by atoms with E-state index in [-0.39, 0.29) is 5.91 Å². The van der Waals surface area contributed by atoms with Gasteiger partial charge in [0, 0.05) is 6.54 Å². The normalized spacial score (nSPS) is 16.5. The van der Waals surface area contributed by atoms with E-state index in [9.17, 15) is 4.79 Å². The predicted molar refractivity (Wildman–Crippen MR) is 103 cm³/mol. The second kappa shape index (κ2) is 7.77. The van der Waals surface area contributed by atoms with Crippen LogP contribution in [-0.4, -0.2) is 28.3 Å². The van der Waals surface area contributed by atoms with E-state index in [1.807, 2.05) is 25.1 Å². The molecule has 1 aliphatic rings. The lowest BCUT2D eigenvalue weighted by Gasteiger charge is -2.10. The quantitative estimate of drug-likeness (QED) is 0.350. The average molecular weight is 463 g/mol. The minimum Gasteiger partial charge on any atom is -0.492 e. The van der Waals surface area contributed by atoms with Gasteiger partial charge in [0.1, 0.15) is 10.1 Å². The van der Waals surface area contributed by atoms with Gasteiger partial charge in [-0.2, -0.15) is 0 Å². The van der Waals surface area contributed by atoms with E-state index in [1.165, 1.54) is 16.7 Å². The molecule has 3 nitrogen and oxygen atoms in total. The maximum atomic E-state index is 12.3. The molecule has 0 atom stereocenters. The number of ether oxygens (including phenoxy) is 1. The SMILES string of the molecule is C=CCN1C(=O)C(=Cc2cc(Br)c(OCC)c(Br)c2)SC1=S. The van der Waals surface area contributed by atoms with Gasteiger partial charge in [-0.3, -0.25) is 9.69 Å². The summed E-state index contributed by atoms with van der Waals surface area (Å²) in [7, 11) is 0. The molecule has 0 aliphatic carbocycles. The van der Waals surface area contributed by atoms with Crippen LogP contribution >= 0.6 is 55.8 Å². The molecule has 1 saturated heterocycles. The highest BCUT2D eigenvalue weighted by Gasteiger charge is 2.31. The standard InChI is InChI=1S/C15H13Br2NO2S2/c1-3-5-18-14(19)12(22-15(18)21)8-9-6-10(16)13(20-4-2)11(17)7-9/h3,6-8H,1,4-5H2,2H3. The Hall–Kier alpha value is -0.630. The zero-order valence-electron chi connectivity index (χ0n) is 11.8. The summed E-state index contributed by atoms with van der Waals surface area (Å²) in [6.07, 6.45) is 3.49. The van der Waals surface area contributed by atoms with Crippen molar-refractivity contribution in [3.05, 3.63) is 44.2 Å². The Morgan fingerprint density at radius 1 is 1.41 bits per heavy atom. The van der Waals surface area contributed by atoms with Crippen molar-refractivity contribution in [2.24, 2.45) is 0 Å². The van der Waals surface area contributed by atoms with Gasteiger partial charge in [-0.1, -0.05) is 30.1 Å². The molecule has 0 N–H and O–H groups in total. The van der Waals surface area contributed by atoms with Gasteiger partial charge in [0.2, 0.25) is 0 Å². The van der Waals surface area contributed by atoms with Crippen LogP contribution in [0, 0.1) is 0 Å². The lowest BCUT2D eigenvalue weighted by atomic mass is 10.2. The van der Waals surface area contributed by atoms with Crippen LogP contribution in [0.25, 0.3) is 6.08 Å². The third-order valence-corrected chi connectivity index (χ3v) is 5.35. The minimum atomic E-state index is -0.0870. The second-order valence-electron chi connectivity index (χ2n) is 4.33. The molecular weight excluding hydrogens is 450 g/mol. The number of carbonyl (C=O) groups excluding carboxylic acids is 1. The molecule has 1 aromatic rings. The Bertz CT molecular complexity index is 651. The summed E-state index contributed by atoms with van der Waals surface area (Å²) in [4.78, 5) is 14.4. The predicted octanol–water partition coefficient (Wildman–Crippen LogP) is 5.00. The van der Waals surface area contributed by atoms with Crippen molar-refractivity contribution in [1.29, 1.82) is 0 Å². The molecule has 0 unspecified atom stereocenters. The number of rotatable bonds is 5. The van der Waals surface area contributed by atoms with Crippen molar-refractivity contribution in [2.45, 2.75) is 6.92 Å². The lowest BCUT2D eigenvalue weighted by molar-refractivity contribution is -0.121. The van der Waals surface area contributed by atoms with E-state index in [0.717, 1.165) is 20.3 Å². The maximum Gasteiger partial charge on any atom is 0.266 e. The van der Waals surface area contributed by atoms with Gasteiger partial charge >= 0.3 is 0 Å². The highest BCUT2D eigenvalue weighted by molar-refractivity contribution is 9.11. The third-order valence-electron chi connectivity index (χ3n) is 2.79. The van der Waals surface area contributed by atoms with Crippen LogP contribution in [0.15, 0.2) is 38.6 Å². The minimum absolute atomic E-state index is 0.0870. The van der Waals surface area contributed by atoms with Gasteiger partial charge in [-0.25, -0.2) is 0 Å². The highest BCUT2D eigenvalue weighted by Crippen LogP contribution is 2.37. The number of carbonyl (C=O) groups is 1. The van der Waals surface area contributed by atoms with Crippen molar-refractivity contribution in [2.75, 3.05) is 13.2 Å². The van der Waals surface area contributed by atoms with Crippen LogP contribution in [0.1, 0.15) is 12.5 Å². The van der Waals surface area contributed by atoms with Crippen molar-refractivity contribution in [1.82, 2.24) is 4.90 Å². The first-order valence-electron chi connectivity index (χ1n) is 6.46. The maximum absolute atomic E-state index is 12.3. The Balaban J connectivity index is 2.32. The fourth-order valence-electron chi connectivity index (χ4n) is 1.88. The first kappa shape index (κ1) is 17.7. The molecule has 0 bridgehead atoms. The van der Waals surface area contributed by atoms with Crippen molar-refractivity contribution in [3.8, 4) is 5.75 Å². The van der Waals surface area contributed by atoms with E-state index in [1.54, 1.807) is 6.08 Å². The van der Waals surface area contributed by atoms with Gasteiger partial charge in [-0.05, 0) is 62.6 Å². The fourth-order valence-corrected chi connectivity index (χ4v) is 4.61. The number of hydrogen-bond donors (Lipinski definition) is 0. The molecular formula is C15H13Br2NO2S2. The number of hydrogen-bond acceptors (Lipinski definition) is 4. The molecule has 116 valence electrons. The highest BCUT2D eigenvalue weighted by atomic mass is 79.9. The number of amides is 1. The van der Waals surface area contributed by atoms with Gasteiger partial charge in [0.05, 0.1) is 20.5 Å². The molecule has 1 amide bonds. The van der Waals surface area contributed by atoms with Gasteiger partial charge in [0.15, 0.2) is 0 Å². The zero-order valence-corrected chi connectivity index (χ0v) is 16.6. The lowest BCUT2D eigenvalue weighted by Crippen LogP contribution is -2.27. The molecule has 1 aromatic carbocycles. The van der Waals surface area contributed by atoms with Crippen LogP contribution in [0.4, 0.5) is 0 Å². The number of thiocarbonyl (C=S) groups is 1. The summed E-state index contributed by atoms with van der Waals surface area (Å²) < 4.78 is 7.77. The molecule has 2 rings (SSSR count). The largest absolute Gasteiger partial charge is 0.492 e. The van der Waals surface area contributed by atoms with Crippen LogP contribution in [-0.2, 0) is 4.79 Å². The number of thioether (sulfide) groups is 1. The number of halogens is 2. The van der Waals surface area contributed by atoms with E-state index in [2.05, 4.69) is 38.4 Å². The second-order valence-corrected chi connectivity index (χ2v) is 7.71. The van der Waals surface area contributed by atoms with E-state index >= 15 is 0 Å². The van der Waals surface area contributed by atoms with Gasteiger partial charge in [0.25, 0.3) is 5.91 Å². The molecule has 0 radical (unpaired) electrons. The monoisotopic (exact) mass is 461 g/mol. The summed E-state index contributed by atoms with van der Waals surface area (Å²) in [5.74, 6) is 0.662. The fraction of sp³-hybridized carbons (Fsp3) is 0.200. The molecule has 7 heteroatoms. The van der Waals surface area contributed by atoms with Gasteiger partial charge in [-0.15, -0.1) is 6.58 Å². The van der Waals surface area contributed by atoms with Gasteiger partial charge < -0.3 is 4.74 Å². The Morgan fingerprint density at radius 3 is 2.59 bits per heavy atom. The van der Waals surface area contributed by atoms with Crippen molar-refractivity contribution >= 4 is 72.1 Å². The Kier molecular flexibility index (Phi) is 6.26. The molecule has 22 heavy (non-hydrogen) atoms. The molecule has 1 heterocycles. The van der Waals surface area contributed by atoms with Crippen LogP contribution in [0.2, 0.25) is 0 Å². The Morgan fingerprint density at radius 2 is 2.05 bits per heavy atom. The summed E-state index contributed by atoms with van der Waals surface area (Å²) in [5.41, 5.74) is 0.890. The summed E-state index contributed by atoms with van der Waals surface area (Å²) in [5, 5.41) is 0. The van der Waals surface area contributed by atoms with E-state index in [4.69, 9.17) is 17.0 Å².